The molecule has 0 aliphatic carbocycles. The monoisotopic (exact) mass is 334 g/mol. The fourth-order valence-electron chi connectivity index (χ4n) is 1.85. The Morgan fingerprint density at radius 3 is 2.89 bits per heavy atom. The highest BCUT2D eigenvalue weighted by Crippen LogP contribution is 2.22. The maximum Gasteiger partial charge on any atom is 0.242 e. The van der Waals surface area contributed by atoms with E-state index in [1.165, 1.54) is 6.07 Å². The Hall–Kier alpha value is -0.630. The standard InChI is InChI=1S/C11H15BrN2O3S/c12-8-3-4-11(10(13)6-8)18(15,16)14-7-9-2-1-5-17-9/h3-4,6,9,14H,1-2,5,7,13H2. The number of nitrogens with two attached hydrogens (primary N) is 1. The van der Waals surface area contributed by atoms with Gasteiger partial charge in [0.05, 0.1) is 11.8 Å². The SMILES string of the molecule is Nc1cc(Br)ccc1S(=O)(=O)NCC1CCCO1. The number of nitrogens with one attached hydrogen (secondary N) is 1. The van der Waals surface area contributed by atoms with E-state index in [1.807, 2.05) is 0 Å². The molecule has 1 unspecified atom stereocenters. The largest absolute Gasteiger partial charge is 0.398 e. The predicted octanol–water partition coefficient (Wildman–Crippen LogP) is 1.49. The maximum atomic E-state index is 12.1. The van der Waals surface area contributed by atoms with E-state index in [-0.39, 0.29) is 23.2 Å². The molecule has 100 valence electrons. The molecule has 0 radical (unpaired) electrons. The molecule has 0 saturated carbocycles. The Balaban J connectivity index is 2.09. The normalized spacial score (nSPS) is 20.2. The third-order valence-electron chi connectivity index (χ3n) is 2.79. The molecule has 1 aromatic carbocycles. The molecule has 0 bridgehead atoms. The van der Waals surface area contributed by atoms with Crippen molar-refractivity contribution in [2.24, 2.45) is 0 Å². The first kappa shape index (κ1) is 13.8. The zero-order chi connectivity index (χ0) is 13.2. The number of anilines is 1. The van der Waals surface area contributed by atoms with Gasteiger partial charge >= 0.3 is 0 Å². The summed E-state index contributed by atoms with van der Waals surface area (Å²) < 4.78 is 32.8. The van der Waals surface area contributed by atoms with E-state index in [0.29, 0.717) is 6.61 Å². The smallest absolute Gasteiger partial charge is 0.242 e. The second kappa shape index (κ2) is 5.56. The van der Waals surface area contributed by atoms with Crippen LogP contribution in [0.5, 0.6) is 0 Å². The molecule has 7 heteroatoms. The van der Waals surface area contributed by atoms with Crippen molar-refractivity contribution in [3.05, 3.63) is 22.7 Å². The lowest BCUT2D eigenvalue weighted by Gasteiger charge is -2.12. The van der Waals surface area contributed by atoms with Crippen LogP contribution in [0.15, 0.2) is 27.6 Å². The lowest BCUT2D eigenvalue weighted by atomic mass is 10.2. The summed E-state index contributed by atoms with van der Waals surface area (Å²) in [5, 5.41) is 0. The van der Waals surface area contributed by atoms with E-state index >= 15 is 0 Å². The number of hydrogen-bond donors (Lipinski definition) is 2. The van der Waals surface area contributed by atoms with Crippen molar-refractivity contribution in [3.63, 3.8) is 0 Å². The first-order valence-corrected chi connectivity index (χ1v) is 7.93. The fourth-order valence-corrected chi connectivity index (χ4v) is 3.41. The molecule has 0 spiro atoms. The molecular formula is C11H15BrN2O3S. The van der Waals surface area contributed by atoms with Gasteiger partial charge in [0, 0.05) is 17.6 Å². The molecule has 0 aromatic heterocycles. The van der Waals surface area contributed by atoms with Crippen LogP contribution in [0.4, 0.5) is 5.69 Å². The quantitative estimate of drug-likeness (QED) is 0.817. The molecule has 1 aliphatic heterocycles. The molecule has 1 atom stereocenters. The van der Waals surface area contributed by atoms with Crippen molar-refractivity contribution in [1.29, 1.82) is 0 Å². The third-order valence-corrected chi connectivity index (χ3v) is 4.78. The summed E-state index contributed by atoms with van der Waals surface area (Å²) in [6.07, 6.45) is 1.84. The van der Waals surface area contributed by atoms with Gasteiger partial charge in [-0.2, -0.15) is 0 Å². The first-order chi connectivity index (χ1) is 8.49. The topological polar surface area (TPSA) is 81.4 Å². The Morgan fingerprint density at radius 1 is 1.50 bits per heavy atom. The van der Waals surface area contributed by atoms with Crippen LogP contribution in [0.1, 0.15) is 12.8 Å². The Bertz CT molecular complexity index is 527. The maximum absolute atomic E-state index is 12.1. The second-order valence-corrected chi connectivity index (χ2v) is 6.82. The molecule has 18 heavy (non-hydrogen) atoms. The van der Waals surface area contributed by atoms with E-state index in [0.717, 1.165) is 17.3 Å². The molecule has 1 aliphatic rings. The molecular weight excluding hydrogens is 320 g/mol. The zero-order valence-corrected chi connectivity index (χ0v) is 12.1. The van der Waals surface area contributed by atoms with Crippen molar-refractivity contribution < 1.29 is 13.2 Å². The number of ether oxygens (including phenoxy) is 1. The van der Waals surface area contributed by atoms with Crippen molar-refractivity contribution in [2.45, 2.75) is 23.8 Å². The van der Waals surface area contributed by atoms with Gasteiger partial charge < -0.3 is 10.5 Å². The van der Waals surface area contributed by atoms with Crippen molar-refractivity contribution in [1.82, 2.24) is 4.72 Å². The highest BCUT2D eigenvalue weighted by atomic mass is 79.9. The number of rotatable bonds is 4. The van der Waals surface area contributed by atoms with Crippen LogP contribution in [0.2, 0.25) is 0 Å². The van der Waals surface area contributed by atoms with Crippen LogP contribution >= 0.6 is 15.9 Å². The van der Waals surface area contributed by atoms with E-state index in [9.17, 15) is 8.42 Å². The summed E-state index contributed by atoms with van der Waals surface area (Å²) in [6, 6.07) is 4.70. The van der Waals surface area contributed by atoms with Gasteiger partial charge in [-0.25, -0.2) is 13.1 Å². The van der Waals surface area contributed by atoms with Gasteiger partial charge in [-0.05, 0) is 31.0 Å². The predicted molar refractivity (Wildman–Crippen MR) is 72.7 cm³/mol. The van der Waals surface area contributed by atoms with Crippen molar-refractivity contribution in [3.8, 4) is 0 Å². The van der Waals surface area contributed by atoms with E-state index in [4.69, 9.17) is 10.5 Å². The van der Waals surface area contributed by atoms with E-state index in [2.05, 4.69) is 20.7 Å². The van der Waals surface area contributed by atoms with E-state index in [1.54, 1.807) is 12.1 Å². The van der Waals surface area contributed by atoms with Crippen LogP contribution in [0.3, 0.4) is 0 Å². The second-order valence-electron chi connectivity index (χ2n) is 4.17. The minimum Gasteiger partial charge on any atom is -0.398 e. The minimum absolute atomic E-state index is 0.0311. The summed E-state index contributed by atoms with van der Waals surface area (Å²) in [5.41, 5.74) is 5.94. The molecule has 3 N–H and O–H groups in total. The van der Waals surface area contributed by atoms with Crippen LogP contribution in [-0.2, 0) is 14.8 Å². The molecule has 0 amide bonds. The Kier molecular flexibility index (Phi) is 4.26. The summed E-state index contributed by atoms with van der Waals surface area (Å²) in [5.74, 6) is 0. The highest BCUT2D eigenvalue weighted by Gasteiger charge is 2.21. The third kappa shape index (κ3) is 3.23. The zero-order valence-electron chi connectivity index (χ0n) is 9.73. The number of nitrogen functional groups attached to an aromatic ring is 1. The Morgan fingerprint density at radius 2 is 2.28 bits per heavy atom. The van der Waals surface area contributed by atoms with Gasteiger partial charge in [0.1, 0.15) is 4.90 Å². The lowest BCUT2D eigenvalue weighted by Crippen LogP contribution is -2.32. The van der Waals surface area contributed by atoms with Crippen molar-refractivity contribution in [2.75, 3.05) is 18.9 Å². The number of sulfonamides is 1. The van der Waals surface area contributed by atoms with Gasteiger partial charge in [0.2, 0.25) is 10.0 Å². The van der Waals surface area contributed by atoms with Gasteiger partial charge in [-0.3, -0.25) is 0 Å². The number of hydrogen-bond acceptors (Lipinski definition) is 4. The molecule has 2 rings (SSSR count). The van der Waals surface area contributed by atoms with Crippen molar-refractivity contribution >= 4 is 31.6 Å². The Labute approximate surface area is 115 Å². The molecule has 5 nitrogen and oxygen atoms in total. The molecule has 1 aromatic rings. The summed E-state index contributed by atoms with van der Waals surface area (Å²) in [6.45, 7) is 0.991. The lowest BCUT2D eigenvalue weighted by molar-refractivity contribution is 0.114. The van der Waals surface area contributed by atoms with Gasteiger partial charge in [-0.15, -0.1) is 0 Å². The van der Waals surface area contributed by atoms with Crippen LogP contribution in [0, 0.1) is 0 Å². The molecule has 1 heterocycles. The van der Waals surface area contributed by atoms with Gasteiger partial charge in [0.15, 0.2) is 0 Å². The van der Waals surface area contributed by atoms with Crippen LogP contribution in [0.25, 0.3) is 0 Å². The van der Waals surface area contributed by atoms with Gasteiger partial charge in [0.25, 0.3) is 0 Å². The van der Waals surface area contributed by atoms with E-state index < -0.39 is 10.0 Å². The first-order valence-electron chi connectivity index (χ1n) is 5.65. The summed E-state index contributed by atoms with van der Waals surface area (Å²) in [7, 11) is -3.57. The van der Waals surface area contributed by atoms with Gasteiger partial charge in [-0.1, -0.05) is 15.9 Å². The minimum atomic E-state index is -3.57. The summed E-state index contributed by atoms with van der Waals surface area (Å²) in [4.78, 5) is 0.101. The van der Waals surface area contributed by atoms with Crippen LogP contribution < -0.4 is 10.5 Å². The average Bonchev–Trinajstić information content (AvgIpc) is 2.78. The number of benzene rings is 1. The highest BCUT2D eigenvalue weighted by molar-refractivity contribution is 9.10. The molecule has 1 fully saturated rings. The van der Waals surface area contributed by atoms with Crippen LogP contribution in [-0.4, -0.2) is 27.7 Å². The fraction of sp³-hybridized carbons (Fsp3) is 0.455. The molecule has 1 saturated heterocycles. The average molecular weight is 335 g/mol. The number of halogens is 1. The summed E-state index contributed by atoms with van der Waals surface area (Å²) >= 11 is 3.24.